The number of benzene rings is 1. The highest BCUT2D eigenvalue weighted by atomic mass is 16.5. The predicted octanol–water partition coefficient (Wildman–Crippen LogP) is 1.97. The molecule has 1 aromatic carbocycles. The van der Waals surface area contributed by atoms with Gasteiger partial charge in [-0.15, -0.1) is 5.10 Å². The fraction of sp³-hybridized carbons (Fsp3) is 0.400. The summed E-state index contributed by atoms with van der Waals surface area (Å²) < 4.78 is 5.54. The third-order valence-corrected chi connectivity index (χ3v) is 3.40. The third-order valence-electron chi connectivity index (χ3n) is 3.40. The molecule has 0 fully saturated rings. The Bertz CT molecular complexity index is 672. The van der Waals surface area contributed by atoms with E-state index in [4.69, 9.17) is 4.74 Å². The van der Waals surface area contributed by atoms with Crippen molar-refractivity contribution in [3.05, 3.63) is 41.5 Å². The zero-order valence-electron chi connectivity index (χ0n) is 12.3. The summed E-state index contributed by atoms with van der Waals surface area (Å²) in [5.41, 5.74) is 0.812. The van der Waals surface area contributed by atoms with E-state index in [0.29, 0.717) is 12.4 Å². The molecule has 1 aliphatic rings. The lowest BCUT2D eigenvalue weighted by atomic mass is 9.96. The Kier molecular flexibility index (Phi) is 3.16. The van der Waals surface area contributed by atoms with E-state index >= 15 is 0 Å². The summed E-state index contributed by atoms with van der Waals surface area (Å²) in [5.74, 6) is 1.36. The van der Waals surface area contributed by atoms with Gasteiger partial charge >= 0.3 is 0 Å². The maximum atomic E-state index is 12.2. The molecular formula is C15H18N4O2. The topological polar surface area (TPSA) is 79.9 Å². The molecule has 110 valence electrons. The van der Waals surface area contributed by atoms with Gasteiger partial charge in [-0.1, -0.05) is 39.0 Å². The molecule has 1 unspecified atom stereocenters. The van der Waals surface area contributed by atoms with Crippen molar-refractivity contribution in [3.63, 3.8) is 0 Å². The van der Waals surface area contributed by atoms with Gasteiger partial charge in [-0.2, -0.15) is 0 Å². The second-order valence-corrected chi connectivity index (χ2v) is 6.13. The fourth-order valence-electron chi connectivity index (χ4n) is 2.20. The van der Waals surface area contributed by atoms with Crippen LogP contribution in [0.15, 0.2) is 24.3 Å². The van der Waals surface area contributed by atoms with Crippen LogP contribution in [0.25, 0.3) is 0 Å². The lowest BCUT2D eigenvalue weighted by molar-refractivity contribution is 0.0920. The van der Waals surface area contributed by atoms with Crippen molar-refractivity contribution in [3.8, 4) is 5.75 Å². The molecule has 1 amide bonds. The molecule has 0 saturated heterocycles. The molecule has 2 heterocycles. The molecule has 1 aliphatic heterocycles. The second kappa shape index (κ2) is 4.87. The van der Waals surface area contributed by atoms with Gasteiger partial charge in [-0.25, -0.2) is 4.98 Å². The molecular weight excluding hydrogens is 268 g/mol. The second-order valence-electron chi connectivity index (χ2n) is 6.13. The Morgan fingerprint density at radius 1 is 1.38 bits per heavy atom. The Balaban J connectivity index is 1.75. The minimum absolute atomic E-state index is 0.157. The van der Waals surface area contributed by atoms with Gasteiger partial charge in [-0.3, -0.25) is 9.89 Å². The molecule has 3 rings (SSSR count). The number of nitrogens with zero attached hydrogens (tertiary/aromatic N) is 2. The molecule has 2 aromatic rings. The van der Waals surface area contributed by atoms with Gasteiger partial charge in [-0.05, 0) is 6.07 Å². The molecule has 1 atom stereocenters. The number of hydrogen-bond acceptors (Lipinski definition) is 4. The van der Waals surface area contributed by atoms with Gasteiger partial charge in [0, 0.05) is 11.0 Å². The number of carbonyl (C=O) groups is 1. The highest BCUT2D eigenvalue weighted by Crippen LogP contribution is 2.31. The van der Waals surface area contributed by atoms with Crippen LogP contribution in [0.3, 0.4) is 0 Å². The van der Waals surface area contributed by atoms with Gasteiger partial charge in [0.1, 0.15) is 18.2 Å². The van der Waals surface area contributed by atoms with Crippen molar-refractivity contribution >= 4 is 5.91 Å². The maximum absolute atomic E-state index is 12.2. The number of aromatic nitrogens is 3. The highest BCUT2D eigenvalue weighted by molar-refractivity contribution is 5.90. The smallest absolute Gasteiger partial charge is 0.291 e. The number of ether oxygens (including phenoxy) is 1. The monoisotopic (exact) mass is 286 g/mol. The van der Waals surface area contributed by atoms with Gasteiger partial charge in [0.2, 0.25) is 5.82 Å². The number of nitrogens with one attached hydrogen (secondary N) is 2. The van der Waals surface area contributed by atoms with Crippen molar-refractivity contribution in [1.29, 1.82) is 0 Å². The lowest BCUT2D eigenvalue weighted by Crippen LogP contribution is -2.30. The number of amides is 1. The van der Waals surface area contributed by atoms with E-state index in [1.165, 1.54) is 0 Å². The molecule has 0 saturated carbocycles. The van der Waals surface area contributed by atoms with E-state index in [-0.39, 0.29) is 23.2 Å². The van der Waals surface area contributed by atoms with Crippen LogP contribution in [-0.2, 0) is 5.41 Å². The first-order chi connectivity index (χ1) is 9.95. The van der Waals surface area contributed by atoms with Crippen molar-refractivity contribution in [2.24, 2.45) is 0 Å². The number of carbonyl (C=O) groups excluding carboxylic acids is 1. The first-order valence-electron chi connectivity index (χ1n) is 6.90. The fourth-order valence-corrected chi connectivity index (χ4v) is 2.20. The van der Waals surface area contributed by atoms with E-state index in [1.54, 1.807) is 0 Å². The summed E-state index contributed by atoms with van der Waals surface area (Å²) in [7, 11) is 0. The van der Waals surface area contributed by atoms with Crippen LogP contribution in [-0.4, -0.2) is 27.7 Å². The average Bonchev–Trinajstić information content (AvgIpc) is 3.05. The molecule has 6 heteroatoms. The van der Waals surface area contributed by atoms with Crippen molar-refractivity contribution in [2.45, 2.75) is 32.2 Å². The number of rotatable bonds is 2. The molecule has 6 nitrogen and oxygen atoms in total. The zero-order chi connectivity index (χ0) is 15.0. The van der Waals surface area contributed by atoms with E-state index < -0.39 is 0 Å². The molecule has 1 aromatic heterocycles. The average molecular weight is 286 g/mol. The van der Waals surface area contributed by atoms with E-state index in [9.17, 15) is 4.79 Å². The minimum atomic E-state index is -0.299. The van der Waals surface area contributed by atoms with Gasteiger partial charge in [0.15, 0.2) is 0 Å². The molecule has 2 N–H and O–H groups in total. The number of aromatic amines is 1. The van der Waals surface area contributed by atoms with Crippen LogP contribution in [0.2, 0.25) is 0 Å². The number of hydrogen-bond donors (Lipinski definition) is 2. The summed E-state index contributed by atoms with van der Waals surface area (Å²) in [6, 6.07) is 7.52. The van der Waals surface area contributed by atoms with E-state index in [0.717, 1.165) is 11.3 Å². The number of H-pyrrole nitrogens is 1. The predicted molar refractivity (Wildman–Crippen MR) is 77.2 cm³/mol. The molecule has 21 heavy (non-hydrogen) atoms. The summed E-state index contributed by atoms with van der Waals surface area (Å²) in [5, 5.41) is 9.72. The lowest BCUT2D eigenvalue weighted by Gasteiger charge is -2.13. The highest BCUT2D eigenvalue weighted by Gasteiger charge is 2.27. The first kappa shape index (κ1) is 13.6. The summed E-state index contributed by atoms with van der Waals surface area (Å²) >= 11 is 0. The molecule has 0 bridgehead atoms. The third kappa shape index (κ3) is 2.61. The number of para-hydroxylation sites is 1. The Morgan fingerprint density at radius 3 is 2.86 bits per heavy atom. The molecule has 0 aliphatic carbocycles. The summed E-state index contributed by atoms with van der Waals surface area (Å²) in [6.07, 6.45) is 0. The summed E-state index contributed by atoms with van der Waals surface area (Å²) in [6.45, 7) is 6.46. The maximum Gasteiger partial charge on any atom is 0.291 e. The Labute approximate surface area is 122 Å². The summed E-state index contributed by atoms with van der Waals surface area (Å²) in [4.78, 5) is 16.5. The molecule has 0 radical (unpaired) electrons. The minimum Gasteiger partial charge on any atom is -0.491 e. The van der Waals surface area contributed by atoms with Gasteiger partial charge in [0.05, 0.1) is 6.04 Å². The quantitative estimate of drug-likeness (QED) is 0.884. The van der Waals surface area contributed by atoms with Gasteiger partial charge in [0.25, 0.3) is 5.91 Å². The van der Waals surface area contributed by atoms with Crippen LogP contribution < -0.4 is 10.1 Å². The zero-order valence-corrected chi connectivity index (χ0v) is 12.3. The van der Waals surface area contributed by atoms with Crippen LogP contribution in [0.5, 0.6) is 5.75 Å². The van der Waals surface area contributed by atoms with Gasteiger partial charge < -0.3 is 10.1 Å². The Morgan fingerprint density at radius 2 is 2.14 bits per heavy atom. The van der Waals surface area contributed by atoms with Crippen LogP contribution >= 0.6 is 0 Å². The van der Waals surface area contributed by atoms with Crippen molar-refractivity contribution < 1.29 is 9.53 Å². The van der Waals surface area contributed by atoms with Crippen molar-refractivity contribution in [2.75, 3.05) is 6.61 Å². The first-order valence-corrected chi connectivity index (χ1v) is 6.90. The normalized spacial score (nSPS) is 17.2. The van der Waals surface area contributed by atoms with Crippen molar-refractivity contribution in [1.82, 2.24) is 20.5 Å². The number of fused-ring (bicyclic) bond motifs is 1. The standard InChI is InChI=1S/C15H18N4O2/c1-15(2,3)14-17-12(18-19-14)13(20)16-10-8-21-11-7-5-4-6-9(10)11/h4-7,10H,8H2,1-3H3,(H,16,20)(H,17,18,19). The largest absolute Gasteiger partial charge is 0.491 e. The van der Waals surface area contributed by atoms with E-state index in [2.05, 4.69) is 20.5 Å². The van der Waals surface area contributed by atoms with E-state index in [1.807, 2.05) is 45.0 Å². The SMILES string of the molecule is CC(C)(C)c1nc(C(=O)NC2COc3ccccc32)n[nH]1. The van der Waals surface area contributed by atoms with Crippen LogP contribution in [0.4, 0.5) is 0 Å². The Hall–Kier alpha value is -2.37. The van der Waals surface area contributed by atoms with Crippen LogP contribution in [0, 0.1) is 0 Å². The van der Waals surface area contributed by atoms with Crippen LogP contribution in [0.1, 0.15) is 48.8 Å². The molecule has 0 spiro atoms.